The zero-order valence-corrected chi connectivity index (χ0v) is 11.5. The van der Waals surface area contributed by atoms with Crippen molar-refractivity contribution in [3.05, 3.63) is 70.6 Å². The minimum atomic E-state index is -4.45. The van der Waals surface area contributed by atoms with E-state index in [1.807, 2.05) is 24.3 Å². The van der Waals surface area contributed by atoms with E-state index < -0.39 is 11.7 Å². The molecule has 1 nitrogen and oxygen atoms in total. The van der Waals surface area contributed by atoms with Gasteiger partial charge in [-0.25, -0.2) is 0 Å². The largest absolute Gasteiger partial charge is 0.416 e. The summed E-state index contributed by atoms with van der Waals surface area (Å²) >= 11 is 1.28. The lowest BCUT2D eigenvalue weighted by Crippen LogP contribution is -2.07. The van der Waals surface area contributed by atoms with Crippen LogP contribution in [0.25, 0.3) is 10.1 Å². The topological polar surface area (TPSA) is 17.1 Å². The van der Waals surface area contributed by atoms with Crippen LogP contribution in [0.15, 0.2) is 54.6 Å². The molecule has 3 rings (SSSR count). The van der Waals surface area contributed by atoms with Gasteiger partial charge in [0.2, 0.25) is 5.78 Å². The summed E-state index contributed by atoms with van der Waals surface area (Å²) in [5, 5.41) is 0.915. The molecule has 0 saturated heterocycles. The van der Waals surface area contributed by atoms with Crippen LogP contribution in [0.4, 0.5) is 13.2 Å². The predicted molar refractivity (Wildman–Crippen MR) is 76.7 cm³/mol. The quantitative estimate of drug-likeness (QED) is 0.598. The molecule has 0 bridgehead atoms. The number of rotatable bonds is 2. The summed E-state index contributed by atoms with van der Waals surface area (Å²) in [7, 11) is 0. The first-order chi connectivity index (χ1) is 9.95. The predicted octanol–water partition coefficient (Wildman–Crippen LogP) is 5.15. The summed E-state index contributed by atoms with van der Waals surface area (Å²) in [6, 6.07) is 13.7. The molecule has 0 unspecified atom stereocenters. The van der Waals surface area contributed by atoms with Crippen LogP contribution in [0, 0.1) is 0 Å². The Kier molecular flexibility index (Phi) is 3.29. The van der Waals surface area contributed by atoms with Crippen LogP contribution in [0.3, 0.4) is 0 Å². The average molecular weight is 306 g/mol. The highest BCUT2D eigenvalue weighted by atomic mass is 32.1. The van der Waals surface area contributed by atoms with Gasteiger partial charge in [-0.05, 0) is 29.7 Å². The van der Waals surface area contributed by atoms with Crippen LogP contribution >= 0.6 is 11.3 Å². The number of ketones is 1. The lowest BCUT2D eigenvalue weighted by Gasteiger charge is -2.07. The van der Waals surface area contributed by atoms with Gasteiger partial charge in [0, 0.05) is 10.3 Å². The minimum Gasteiger partial charge on any atom is -0.288 e. The normalized spacial score (nSPS) is 11.8. The summed E-state index contributed by atoms with van der Waals surface area (Å²) in [5.41, 5.74) is -0.758. The number of fused-ring (bicyclic) bond motifs is 1. The van der Waals surface area contributed by atoms with E-state index in [0.29, 0.717) is 4.88 Å². The highest BCUT2D eigenvalue weighted by Gasteiger charge is 2.31. The average Bonchev–Trinajstić information content (AvgIpc) is 2.89. The highest BCUT2D eigenvalue weighted by Crippen LogP contribution is 2.31. The third-order valence-electron chi connectivity index (χ3n) is 3.10. The van der Waals surface area contributed by atoms with Gasteiger partial charge in [-0.2, -0.15) is 13.2 Å². The first-order valence-corrected chi connectivity index (χ1v) is 6.97. The fraction of sp³-hybridized carbons (Fsp3) is 0.0625. The molecular formula is C16H9F3OS. The number of alkyl halides is 3. The number of carbonyl (C=O) groups is 1. The van der Waals surface area contributed by atoms with E-state index >= 15 is 0 Å². The first kappa shape index (κ1) is 13.8. The van der Waals surface area contributed by atoms with Crippen molar-refractivity contribution >= 4 is 27.2 Å². The van der Waals surface area contributed by atoms with Crippen LogP contribution in [0.1, 0.15) is 20.8 Å². The van der Waals surface area contributed by atoms with Crippen molar-refractivity contribution in [2.45, 2.75) is 6.18 Å². The second-order valence-electron chi connectivity index (χ2n) is 4.56. The molecule has 3 aromatic rings. The Morgan fingerprint density at radius 3 is 2.43 bits per heavy atom. The summed E-state index contributed by atoms with van der Waals surface area (Å²) < 4.78 is 39.0. The molecule has 0 aliphatic carbocycles. The molecule has 1 heterocycles. The SMILES string of the molecule is O=C(c1cccc(C(F)(F)F)c1)c1cc2ccccc2s1. The molecule has 0 saturated carbocycles. The van der Waals surface area contributed by atoms with Crippen LogP contribution in [0.5, 0.6) is 0 Å². The van der Waals surface area contributed by atoms with E-state index in [0.717, 1.165) is 22.2 Å². The first-order valence-electron chi connectivity index (χ1n) is 6.16. The van der Waals surface area contributed by atoms with Gasteiger partial charge >= 0.3 is 6.18 Å². The number of benzene rings is 2. The molecule has 0 atom stereocenters. The Balaban J connectivity index is 2.02. The van der Waals surface area contributed by atoms with Crippen molar-refractivity contribution in [3.8, 4) is 0 Å². The molecule has 0 N–H and O–H groups in total. The Morgan fingerprint density at radius 2 is 1.71 bits per heavy atom. The molecule has 21 heavy (non-hydrogen) atoms. The molecule has 1 aromatic heterocycles. The molecule has 0 spiro atoms. The van der Waals surface area contributed by atoms with Gasteiger partial charge in [0.15, 0.2) is 0 Å². The molecule has 2 aromatic carbocycles. The van der Waals surface area contributed by atoms with Crippen LogP contribution in [-0.2, 0) is 6.18 Å². The number of thiophene rings is 1. The lowest BCUT2D eigenvalue weighted by atomic mass is 10.1. The fourth-order valence-electron chi connectivity index (χ4n) is 2.07. The molecule has 0 amide bonds. The van der Waals surface area contributed by atoms with Crippen molar-refractivity contribution in [2.24, 2.45) is 0 Å². The van der Waals surface area contributed by atoms with Crippen LogP contribution < -0.4 is 0 Å². The summed E-state index contributed by atoms with van der Waals surface area (Å²) in [6.07, 6.45) is -4.45. The zero-order chi connectivity index (χ0) is 15.0. The molecule has 0 aliphatic heterocycles. The van der Waals surface area contributed by atoms with Crippen molar-refractivity contribution in [1.29, 1.82) is 0 Å². The highest BCUT2D eigenvalue weighted by molar-refractivity contribution is 7.21. The number of halogens is 3. The van der Waals surface area contributed by atoms with Gasteiger partial charge in [-0.1, -0.05) is 30.3 Å². The molecule has 106 valence electrons. The summed E-state index contributed by atoms with van der Waals surface area (Å²) in [5.74, 6) is -0.387. The van der Waals surface area contributed by atoms with Crippen molar-refractivity contribution in [1.82, 2.24) is 0 Å². The molecule has 0 fully saturated rings. The van der Waals surface area contributed by atoms with Crippen LogP contribution in [0.2, 0.25) is 0 Å². The lowest BCUT2D eigenvalue weighted by molar-refractivity contribution is -0.137. The number of carbonyl (C=O) groups excluding carboxylic acids is 1. The van der Waals surface area contributed by atoms with E-state index in [2.05, 4.69) is 0 Å². The number of hydrogen-bond acceptors (Lipinski definition) is 2. The van der Waals surface area contributed by atoms with E-state index in [4.69, 9.17) is 0 Å². The minimum absolute atomic E-state index is 0.0522. The van der Waals surface area contributed by atoms with Crippen molar-refractivity contribution < 1.29 is 18.0 Å². The number of hydrogen-bond donors (Lipinski definition) is 0. The molecule has 5 heteroatoms. The second-order valence-corrected chi connectivity index (χ2v) is 5.64. The van der Waals surface area contributed by atoms with E-state index in [-0.39, 0.29) is 11.3 Å². The van der Waals surface area contributed by atoms with E-state index in [9.17, 15) is 18.0 Å². The van der Waals surface area contributed by atoms with Gasteiger partial charge in [0.25, 0.3) is 0 Å². The van der Waals surface area contributed by atoms with Gasteiger partial charge in [-0.3, -0.25) is 4.79 Å². The van der Waals surface area contributed by atoms with Crippen molar-refractivity contribution in [2.75, 3.05) is 0 Å². The van der Waals surface area contributed by atoms with Crippen LogP contribution in [-0.4, -0.2) is 5.78 Å². The maximum Gasteiger partial charge on any atom is 0.416 e. The Bertz CT molecular complexity index is 785. The monoisotopic (exact) mass is 306 g/mol. The molecular weight excluding hydrogens is 297 g/mol. The summed E-state index contributed by atoms with van der Waals surface area (Å²) in [6.45, 7) is 0. The Labute approximate surface area is 122 Å². The molecule has 0 aliphatic rings. The summed E-state index contributed by atoms with van der Waals surface area (Å²) in [4.78, 5) is 12.8. The van der Waals surface area contributed by atoms with Gasteiger partial charge < -0.3 is 0 Å². The molecule has 0 radical (unpaired) electrons. The van der Waals surface area contributed by atoms with E-state index in [1.54, 1.807) is 6.07 Å². The second kappa shape index (κ2) is 5.00. The Hall–Kier alpha value is -2.14. The van der Waals surface area contributed by atoms with Crippen molar-refractivity contribution in [3.63, 3.8) is 0 Å². The third kappa shape index (κ3) is 2.69. The zero-order valence-electron chi connectivity index (χ0n) is 10.6. The van der Waals surface area contributed by atoms with E-state index in [1.165, 1.54) is 23.5 Å². The maximum absolute atomic E-state index is 12.7. The Morgan fingerprint density at radius 1 is 0.952 bits per heavy atom. The van der Waals surface area contributed by atoms with Gasteiger partial charge in [0.1, 0.15) is 0 Å². The smallest absolute Gasteiger partial charge is 0.288 e. The maximum atomic E-state index is 12.7. The third-order valence-corrected chi connectivity index (χ3v) is 4.22. The van der Waals surface area contributed by atoms with Gasteiger partial charge in [0.05, 0.1) is 10.4 Å². The standard InChI is InChI=1S/C16H9F3OS/c17-16(18,19)12-6-3-5-11(8-12)15(20)14-9-10-4-1-2-7-13(10)21-14/h1-9H. The van der Waals surface area contributed by atoms with Gasteiger partial charge in [-0.15, -0.1) is 11.3 Å². The fourth-order valence-corrected chi connectivity index (χ4v) is 3.10.